The van der Waals surface area contributed by atoms with Gasteiger partial charge in [-0.3, -0.25) is 9.78 Å². The quantitative estimate of drug-likeness (QED) is 0.650. The zero-order chi connectivity index (χ0) is 17.6. The minimum absolute atomic E-state index is 0.0849. The largest absolute Gasteiger partial charge is 0.492 e. The van der Waals surface area contributed by atoms with Gasteiger partial charge in [-0.05, 0) is 36.1 Å². The van der Waals surface area contributed by atoms with Crippen molar-refractivity contribution in [3.63, 3.8) is 0 Å². The maximum Gasteiger partial charge on any atom is 0.173 e. The van der Waals surface area contributed by atoms with Crippen LogP contribution in [0.2, 0.25) is 5.02 Å². The number of pyridine rings is 1. The summed E-state index contributed by atoms with van der Waals surface area (Å²) in [6.45, 7) is 0. The van der Waals surface area contributed by atoms with Crippen molar-refractivity contribution in [2.45, 2.75) is 18.9 Å². The van der Waals surface area contributed by atoms with E-state index in [1.165, 1.54) is 18.4 Å². The molecule has 4 rings (SSSR count). The van der Waals surface area contributed by atoms with E-state index in [4.69, 9.17) is 16.3 Å². The van der Waals surface area contributed by atoms with E-state index < -0.39 is 5.82 Å². The number of halogens is 2. The summed E-state index contributed by atoms with van der Waals surface area (Å²) < 4.78 is 20.6. The third-order valence-corrected chi connectivity index (χ3v) is 5.87. The molecule has 0 saturated heterocycles. The zero-order valence-electron chi connectivity index (χ0n) is 13.3. The average molecular weight is 377 g/mol. The van der Waals surface area contributed by atoms with E-state index in [2.05, 4.69) is 10.3 Å². The van der Waals surface area contributed by atoms with Gasteiger partial charge in [0.2, 0.25) is 0 Å². The number of aldehydes is 1. The number of benzene rings is 1. The molecular formula is C18H14ClFN2O2S. The van der Waals surface area contributed by atoms with Gasteiger partial charge in [0.15, 0.2) is 17.9 Å². The molecule has 2 aromatic heterocycles. The van der Waals surface area contributed by atoms with E-state index in [1.807, 2.05) is 6.07 Å². The van der Waals surface area contributed by atoms with Crippen LogP contribution in [-0.2, 0) is 6.42 Å². The summed E-state index contributed by atoms with van der Waals surface area (Å²) in [6, 6.07) is 3.51. The first kappa shape index (κ1) is 16.3. The van der Waals surface area contributed by atoms with Crippen molar-refractivity contribution < 1.29 is 13.9 Å². The normalized spacial score (nSPS) is 16.0. The number of aromatic nitrogens is 1. The zero-order valence-corrected chi connectivity index (χ0v) is 14.9. The number of thiophene rings is 1. The number of hydrogen-bond acceptors (Lipinski definition) is 5. The maximum absolute atomic E-state index is 14.6. The number of nitrogens with one attached hydrogen (secondary N) is 1. The Morgan fingerprint density at radius 1 is 1.52 bits per heavy atom. The minimum atomic E-state index is -0.399. The highest BCUT2D eigenvalue weighted by molar-refractivity contribution is 7.21. The Morgan fingerprint density at radius 3 is 3.12 bits per heavy atom. The lowest BCUT2D eigenvalue weighted by Gasteiger charge is -2.17. The van der Waals surface area contributed by atoms with Crippen LogP contribution < -0.4 is 10.1 Å². The topological polar surface area (TPSA) is 51.2 Å². The summed E-state index contributed by atoms with van der Waals surface area (Å²) in [5.74, 6) is -0.314. The molecule has 0 unspecified atom stereocenters. The maximum atomic E-state index is 14.6. The van der Waals surface area contributed by atoms with Crippen molar-refractivity contribution in [1.29, 1.82) is 0 Å². The Hall–Kier alpha value is -2.18. The molecule has 2 heterocycles. The minimum Gasteiger partial charge on any atom is -0.492 e. The number of methoxy groups -OCH3 is 1. The van der Waals surface area contributed by atoms with Crippen molar-refractivity contribution in [3.8, 4) is 5.75 Å². The summed E-state index contributed by atoms with van der Waals surface area (Å²) in [4.78, 5) is 16.2. The highest BCUT2D eigenvalue weighted by Gasteiger charge is 2.30. The third-order valence-electron chi connectivity index (χ3n) is 4.52. The molecule has 0 radical (unpaired) electrons. The molecule has 7 heteroatoms. The van der Waals surface area contributed by atoms with Crippen LogP contribution >= 0.6 is 22.9 Å². The van der Waals surface area contributed by atoms with Crippen molar-refractivity contribution in [3.05, 3.63) is 51.4 Å². The second kappa shape index (κ2) is 6.28. The molecule has 0 aliphatic heterocycles. The molecule has 1 aliphatic carbocycles. The standard InChI is InChI=1S/C18H14ClFN2O2S/c1-24-18-12(19)6-11-9(16(18)20)2-3-13(11)22-17-10-4-5-21-7-14(10)25-15(17)8-23/h4-8,13,22H,2-3H2,1H3/t13-/m1/s1. The van der Waals surface area contributed by atoms with Crippen molar-refractivity contribution in [1.82, 2.24) is 4.98 Å². The van der Waals surface area contributed by atoms with E-state index in [0.717, 1.165) is 34.0 Å². The molecule has 0 amide bonds. The van der Waals surface area contributed by atoms with Crippen LogP contribution in [0.15, 0.2) is 24.5 Å². The number of carbonyl (C=O) groups excluding carboxylic acids is 1. The molecular weight excluding hydrogens is 363 g/mol. The number of carbonyl (C=O) groups is 1. The van der Waals surface area contributed by atoms with Crippen LogP contribution in [-0.4, -0.2) is 18.4 Å². The number of ether oxygens (including phenoxy) is 1. The monoisotopic (exact) mass is 376 g/mol. The highest BCUT2D eigenvalue weighted by atomic mass is 35.5. The lowest BCUT2D eigenvalue weighted by Crippen LogP contribution is -2.08. The molecule has 1 atom stereocenters. The van der Waals surface area contributed by atoms with Gasteiger partial charge in [0.1, 0.15) is 0 Å². The predicted octanol–water partition coefficient (Wildman–Crippen LogP) is 5.01. The number of nitrogens with zero attached hydrogens (tertiary/aromatic N) is 1. The first-order valence-corrected chi connectivity index (χ1v) is 8.96. The number of rotatable bonds is 4. The number of anilines is 1. The van der Waals surface area contributed by atoms with Gasteiger partial charge in [0, 0.05) is 17.8 Å². The van der Waals surface area contributed by atoms with Crippen LogP contribution in [0.25, 0.3) is 10.1 Å². The second-order valence-corrected chi connectivity index (χ2v) is 7.33. The molecule has 0 saturated carbocycles. The fourth-order valence-corrected chi connectivity index (χ4v) is 4.61. The predicted molar refractivity (Wildman–Crippen MR) is 97.7 cm³/mol. The van der Waals surface area contributed by atoms with Gasteiger partial charge in [-0.2, -0.15) is 0 Å². The van der Waals surface area contributed by atoms with Gasteiger partial charge in [0.25, 0.3) is 0 Å². The Labute approximate surface area is 152 Å². The van der Waals surface area contributed by atoms with E-state index in [-0.39, 0.29) is 16.8 Å². The van der Waals surface area contributed by atoms with Crippen molar-refractivity contribution in [2.75, 3.05) is 12.4 Å². The summed E-state index contributed by atoms with van der Waals surface area (Å²) in [5, 5.41) is 4.61. The van der Waals surface area contributed by atoms with Gasteiger partial charge in [0.05, 0.1) is 33.4 Å². The van der Waals surface area contributed by atoms with E-state index in [1.54, 1.807) is 18.5 Å². The molecule has 4 nitrogen and oxygen atoms in total. The molecule has 128 valence electrons. The molecule has 1 aliphatic rings. The van der Waals surface area contributed by atoms with Crippen LogP contribution in [0, 0.1) is 5.82 Å². The first-order chi connectivity index (χ1) is 12.1. The molecule has 3 aromatic rings. The Bertz CT molecular complexity index is 989. The fourth-order valence-electron chi connectivity index (χ4n) is 3.38. The fraction of sp³-hybridized carbons (Fsp3) is 0.222. The molecule has 25 heavy (non-hydrogen) atoms. The smallest absolute Gasteiger partial charge is 0.173 e. The van der Waals surface area contributed by atoms with Gasteiger partial charge >= 0.3 is 0 Å². The van der Waals surface area contributed by atoms with Crippen LogP contribution in [0.4, 0.5) is 10.1 Å². The highest BCUT2D eigenvalue weighted by Crippen LogP contribution is 2.44. The van der Waals surface area contributed by atoms with E-state index in [9.17, 15) is 9.18 Å². The summed E-state index contributed by atoms with van der Waals surface area (Å²) in [7, 11) is 1.41. The van der Waals surface area contributed by atoms with Gasteiger partial charge in [-0.15, -0.1) is 11.3 Å². The Balaban J connectivity index is 1.77. The van der Waals surface area contributed by atoms with Crippen LogP contribution in [0.3, 0.4) is 0 Å². The number of fused-ring (bicyclic) bond motifs is 2. The third kappa shape index (κ3) is 2.56. The Morgan fingerprint density at radius 2 is 2.36 bits per heavy atom. The van der Waals surface area contributed by atoms with Crippen molar-refractivity contribution in [2.24, 2.45) is 0 Å². The molecule has 0 bridgehead atoms. The Kier molecular flexibility index (Phi) is 4.09. The van der Waals surface area contributed by atoms with Crippen molar-refractivity contribution >= 4 is 45.0 Å². The molecule has 0 spiro atoms. The van der Waals surface area contributed by atoms with E-state index in [0.29, 0.717) is 16.9 Å². The summed E-state index contributed by atoms with van der Waals surface area (Å²) in [6.07, 6.45) is 5.58. The summed E-state index contributed by atoms with van der Waals surface area (Å²) >= 11 is 7.55. The van der Waals surface area contributed by atoms with Crippen LogP contribution in [0.1, 0.15) is 33.3 Å². The van der Waals surface area contributed by atoms with Gasteiger partial charge < -0.3 is 10.1 Å². The SMILES string of the molecule is COc1c(Cl)cc2c(c1F)CC[C@H]2Nc1c(C=O)sc2cnccc12. The lowest BCUT2D eigenvalue weighted by atomic mass is 10.1. The lowest BCUT2D eigenvalue weighted by molar-refractivity contribution is 0.112. The van der Waals surface area contributed by atoms with Gasteiger partial charge in [-0.1, -0.05) is 11.6 Å². The number of hydrogen-bond donors (Lipinski definition) is 1. The molecule has 1 aromatic carbocycles. The second-order valence-electron chi connectivity index (χ2n) is 5.84. The summed E-state index contributed by atoms with van der Waals surface area (Å²) in [5.41, 5.74) is 2.20. The van der Waals surface area contributed by atoms with E-state index >= 15 is 0 Å². The first-order valence-electron chi connectivity index (χ1n) is 7.77. The molecule has 1 N–H and O–H groups in total. The van der Waals surface area contributed by atoms with Gasteiger partial charge in [-0.25, -0.2) is 4.39 Å². The molecule has 0 fully saturated rings. The van der Waals surface area contributed by atoms with Crippen LogP contribution in [0.5, 0.6) is 5.75 Å². The average Bonchev–Trinajstić information content (AvgIpc) is 3.18.